The third-order valence-electron chi connectivity index (χ3n) is 2.77. The van der Waals surface area contributed by atoms with Crippen molar-refractivity contribution in [3.8, 4) is 0 Å². The second-order valence-electron chi connectivity index (χ2n) is 4.55. The van der Waals surface area contributed by atoms with Crippen molar-refractivity contribution in [2.24, 2.45) is 0 Å². The molecule has 0 spiro atoms. The number of nitrogens with one attached hydrogen (secondary N) is 1. The van der Waals surface area contributed by atoms with E-state index in [9.17, 15) is 4.79 Å². The van der Waals surface area contributed by atoms with Gasteiger partial charge >= 0.3 is 0 Å². The van der Waals surface area contributed by atoms with Crippen molar-refractivity contribution in [3.05, 3.63) is 57.0 Å². The number of carbonyl (C=O) groups excluding carboxylic acids is 1. The molecule has 0 saturated heterocycles. The molecular formula is C15H14Br2N2O. The molecule has 5 heteroatoms. The maximum absolute atomic E-state index is 12.2. The molecular weight excluding hydrogens is 384 g/mol. The Labute approximate surface area is 135 Å². The highest BCUT2D eigenvalue weighted by molar-refractivity contribution is 9.11. The van der Waals surface area contributed by atoms with Gasteiger partial charge in [-0.25, -0.2) is 0 Å². The lowest BCUT2D eigenvalue weighted by molar-refractivity contribution is 0.102. The van der Waals surface area contributed by atoms with Crippen LogP contribution in [0.4, 0.5) is 11.4 Å². The fourth-order valence-corrected chi connectivity index (χ4v) is 3.02. The number of carbonyl (C=O) groups is 1. The molecule has 104 valence electrons. The second kappa shape index (κ2) is 6.41. The zero-order valence-electron chi connectivity index (χ0n) is 11.2. The number of hydrogen-bond acceptors (Lipinski definition) is 2. The summed E-state index contributed by atoms with van der Waals surface area (Å²) in [7, 11) is 3.96. The fourth-order valence-electron chi connectivity index (χ4n) is 1.73. The van der Waals surface area contributed by atoms with Gasteiger partial charge in [-0.1, -0.05) is 31.9 Å². The van der Waals surface area contributed by atoms with Gasteiger partial charge in [0.15, 0.2) is 0 Å². The first kappa shape index (κ1) is 15.1. The summed E-state index contributed by atoms with van der Waals surface area (Å²) >= 11 is 6.75. The van der Waals surface area contributed by atoms with E-state index in [0.29, 0.717) is 5.56 Å². The standard InChI is InChI=1S/C15H14Br2N2O/c1-19(2)14-5-3-13(4-6-14)18-15(20)10-7-11(16)9-12(17)8-10/h3-9H,1-2H3,(H,18,20). The van der Waals surface area contributed by atoms with Gasteiger partial charge < -0.3 is 10.2 Å². The average Bonchev–Trinajstić information content (AvgIpc) is 2.38. The van der Waals surface area contributed by atoms with Crippen LogP contribution < -0.4 is 10.2 Å². The van der Waals surface area contributed by atoms with Gasteiger partial charge in [0.2, 0.25) is 0 Å². The van der Waals surface area contributed by atoms with Gasteiger partial charge in [-0.3, -0.25) is 4.79 Å². The first-order chi connectivity index (χ1) is 9.45. The largest absolute Gasteiger partial charge is 0.378 e. The highest BCUT2D eigenvalue weighted by atomic mass is 79.9. The number of halogens is 2. The third kappa shape index (κ3) is 3.84. The van der Waals surface area contributed by atoms with Crippen LogP contribution in [-0.2, 0) is 0 Å². The Balaban J connectivity index is 2.14. The lowest BCUT2D eigenvalue weighted by atomic mass is 10.2. The Morgan fingerprint density at radius 3 is 2.05 bits per heavy atom. The van der Waals surface area contributed by atoms with E-state index < -0.39 is 0 Å². The minimum Gasteiger partial charge on any atom is -0.378 e. The van der Waals surface area contributed by atoms with E-state index in [-0.39, 0.29) is 5.91 Å². The first-order valence-electron chi connectivity index (χ1n) is 6.00. The summed E-state index contributed by atoms with van der Waals surface area (Å²) in [6.45, 7) is 0. The summed E-state index contributed by atoms with van der Waals surface area (Å²) in [5.41, 5.74) is 2.47. The van der Waals surface area contributed by atoms with Crippen molar-refractivity contribution < 1.29 is 4.79 Å². The minimum atomic E-state index is -0.135. The van der Waals surface area contributed by atoms with Crippen LogP contribution in [0.3, 0.4) is 0 Å². The molecule has 2 rings (SSSR count). The molecule has 3 nitrogen and oxygen atoms in total. The summed E-state index contributed by atoms with van der Waals surface area (Å²) < 4.78 is 1.72. The van der Waals surface area contributed by atoms with E-state index in [4.69, 9.17) is 0 Å². The first-order valence-corrected chi connectivity index (χ1v) is 7.59. The number of hydrogen-bond donors (Lipinski definition) is 1. The molecule has 0 unspecified atom stereocenters. The molecule has 2 aromatic rings. The molecule has 0 saturated carbocycles. The van der Waals surface area contributed by atoms with Crippen LogP contribution in [0.2, 0.25) is 0 Å². The van der Waals surface area contributed by atoms with Crippen LogP contribution >= 0.6 is 31.9 Å². The summed E-state index contributed by atoms with van der Waals surface area (Å²) in [4.78, 5) is 14.2. The van der Waals surface area contributed by atoms with Crippen LogP contribution in [0.1, 0.15) is 10.4 Å². The highest BCUT2D eigenvalue weighted by Gasteiger charge is 2.08. The SMILES string of the molecule is CN(C)c1ccc(NC(=O)c2cc(Br)cc(Br)c2)cc1. The van der Waals surface area contributed by atoms with E-state index in [2.05, 4.69) is 37.2 Å². The van der Waals surface area contributed by atoms with Crippen molar-refractivity contribution in [1.82, 2.24) is 0 Å². The number of anilines is 2. The summed E-state index contributed by atoms with van der Waals surface area (Å²) in [6, 6.07) is 13.2. The lowest BCUT2D eigenvalue weighted by Crippen LogP contribution is -2.12. The summed E-state index contributed by atoms with van der Waals surface area (Å²) in [5.74, 6) is -0.135. The van der Waals surface area contributed by atoms with Gasteiger partial charge in [0.05, 0.1) is 0 Å². The van der Waals surface area contributed by atoms with Crippen LogP contribution in [0.25, 0.3) is 0 Å². The van der Waals surface area contributed by atoms with Gasteiger partial charge in [0.1, 0.15) is 0 Å². The maximum Gasteiger partial charge on any atom is 0.255 e. The molecule has 0 radical (unpaired) electrons. The molecule has 0 bridgehead atoms. The van der Waals surface area contributed by atoms with E-state index in [1.165, 1.54) is 0 Å². The van der Waals surface area contributed by atoms with E-state index in [1.807, 2.05) is 49.3 Å². The predicted molar refractivity (Wildman–Crippen MR) is 90.6 cm³/mol. The Kier molecular flexibility index (Phi) is 4.83. The van der Waals surface area contributed by atoms with Crippen molar-refractivity contribution in [2.45, 2.75) is 0 Å². The van der Waals surface area contributed by atoms with Crippen LogP contribution in [0, 0.1) is 0 Å². The second-order valence-corrected chi connectivity index (χ2v) is 6.38. The van der Waals surface area contributed by atoms with Crippen molar-refractivity contribution in [1.29, 1.82) is 0 Å². The Morgan fingerprint density at radius 1 is 1.00 bits per heavy atom. The third-order valence-corrected chi connectivity index (χ3v) is 3.68. The molecule has 0 aliphatic carbocycles. The Bertz CT molecular complexity index is 604. The Hall–Kier alpha value is -1.33. The topological polar surface area (TPSA) is 32.3 Å². The van der Waals surface area contributed by atoms with E-state index in [0.717, 1.165) is 20.3 Å². The van der Waals surface area contributed by atoms with Crippen LogP contribution in [0.15, 0.2) is 51.4 Å². The van der Waals surface area contributed by atoms with Crippen molar-refractivity contribution in [2.75, 3.05) is 24.3 Å². The zero-order chi connectivity index (χ0) is 14.7. The number of benzene rings is 2. The zero-order valence-corrected chi connectivity index (χ0v) is 14.3. The molecule has 1 amide bonds. The normalized spacial score (nSPS) is 10.2. The van der Waals surface area contributed by atoms with Crippen molar-refractivity contribution in [3.63, 3.8) is 0 Å². The molecule has 0 aromatic heterocycles. The quantitative estimate of drug-likeness (QED) is 0.825. The fraction of sp³-hybridized carbons (Fsp3) is 0.133. The lowest BCUT2D eigenvalue weighted by Gasteiger charge is -2.13. The predicted octanol–water partition coefficient (Wildman–Crippen LogP) is 4.53. The molecule has 0 aliphatic rings. The van der Waals surface area contributed by atoms with Gasteiger partial charge in [0.25, 0.3) is 5.91 Å². The number of nitrogens with zero attached hydrogens (tertiary/aromatic N) is 1. The van der Waals surface area contributed by atoms with E-state index >= 15 is 0 Å². The van der Waals surface area contributed by atoms with Crippen molar-refractivity contribution >= 4 is 49.1 Å². The molecule has 0 aliphatic heterocycles. The Morgan fingerprint density at radius 2 is 1.55 bits per heavy atom. The van der Waals surface area contributed by atoms with Gasteiger partial charge in [-0.15, -0.1) is 0 Å². The number of rotatable bonds is 3. The van der Waals surface area contributed by atoms with E-state index in [1.54, 1.807) is 12.1 Å². The molecule has 1 N–H and O–H groups in total. The number of amides is 1. The molecule has 2 aromatic carbocycles. The molecule has 0 heterocycles. The molecule has 0 fully saturated rings. The van der Waals surface area contributed by atoms with Gasteiger partial charge in [0, 0.05) is 40.0 Å². The van der Waals surface area contributed by atoms with Crippen LogP contribution in [0.5, 0.6) is 0 Å². The molecule has 0 atom stereocenters. The van der Waals surface area contributed by atoms with Gasteiger partial charge in [-0.2, -0.15) is 0 Å². The average molecular weight is 398 g/mol. The monoisotopic (exact) mass is 396 g/mol. The summed E-state index contributed by atoms with van der Waals surface area (Å²) in [6.07, 6.45) is 0. The maximum atomic E-state index is 12.2. The smallest absolute Gasteiger partial charge is 0.255 e. The van der Waals surface area contributed by atoms with Gasteiger partial charge in [-0.05, 0) is 42.5 Å². The van der Waals surface area contributed by atoms with Crippen LogP contribution in [-0.4, -0.2) is 20.0 Å². The minimum absolute atomic E-state index is 0.135. The summed E-state index contributed by atoms with van der Waals surface area (Å²) in [5, 5.41) is 2.88. The highest BCUT2D eigenvalue weighted by Crippen LogP contribution is 2.21. The molecule has 20 heavy (non-hydrogen) atoms.